The number of fused-ring (bicyclic) bond motifs is 1. The molecule has 0 bridgehead atoms. The molecule has 1 aromatic rings. The third kappa shape index (κ3) is 4.99. The molecule has 0 aromatic heterocycles. The van der Waals surface area contributed by atoms with E-state index in [0.717, 1.165) is 0 Å². The van der Waals surface area contributed by atoms with Crippen molar-refractivity contribution in [2.45, 2.75) is 39.2 Å². The highest BCUT2D eigenvalue weighted by molar-refractivity contribution is 7.80. The van der Waals surface area contributed by atoms with E-state index in [2.05, 4.69) is 16.2 Å². The summed E-state index contributed by atoms with van der Waals surface area (Å²) in [4.78, 5) is 37.4. The molecule has 0 atom stereocenters. The summed E-state index contributed by atoms with van der Waals surface area (Å²) >= 11 is 5.06. The number of rotatable bonds is 4. The van der Waals surface area contributed by atoms with E-state index in [0.29, 0.717) is 22.7 Å². The van der Waals surface area contributed by atoms with Crippen molar-refractivity contribution in [2.24, 2.45) is 0 Å². The van der Waals surface area contributed by atoms with Crippen molar-refractivity contribution in [3.05, 3.63) is 35.4 Å². The van der Waals surface area contributed by atoms with E-state index in [1.807, 2.05) is 20.8 Å². The van der Waals surface area contributed by atoms with Gasteiger partial charge in [0.25, 0.3) is 11.8 Å². The van der Waals surface area contributed by atoms with Gasteiger partial charge in [-0.15, -0.1) is 0 Å². The Balaban J connectivity index is 1.75. The van der Waals surface area contributed by atoms with Crippen molar-refractivity contribution in [1.29, 1.82) is 0 Å². The lowest BCUT2D eigenvalue weighted by atomic mass is 10.1. The van der Waals surface area contributed by atoms with Crippen molar-refractivity contribution in [3.8, 4) is 0 Å². The molecule has 1 aliphatic rings. The van der Waals surface area contributed by atoms with Gasteiger partial charge in [0.15, 0.2) is 5.11 Å². The Bertz CT molecular complexity index is 677. The van der Waals surface area contributed by atoms with Gasteiger partial charge in [0.2, 0.25) is 5.91 Å². The summed E-state index contributed by atoms with van der Waals surface area (Å²) in [5, 5.41) is 3.33. The van der Waals surface area contributed by atoms with E-state index in [1.54, 1.807) is 24.3 Å². The van der Waals surface area contributed by atoms with Gasteiger partial charge in [0.05, 0.1) is 11.1 Å². The number of hydrazine groups is 1. The average molecular weight is 362 g/mol. The highest BCUT2D eigenvalue weighted by Gasteiger charge is 2.34. The van der Waals surface area contributed by atoms with Crippen molar-refractivity contribution < 1.29 is 14.4 Å². The van der Waals surface area contributed by atoms with Crippen LogP contribution < -0.4 is 16.2 Å². The number of hydrogen-bond donors (Lipinski definition) is 3. The third-order valence-electron chi connectivity index (χ3n) is 3.47. The highest BCUT2D eigenvalue weighted by Crippen LogP contribution is 2.22. The number of nitrogens with one attached hydrogen (secondary N) is 3. The van der Waals surface area contributed by atoms with E-state index < -0.39 is 0 Å². The van der Waals surface area contributed by atoms with E-state index >= 15 is 0 Å². The van der Waals surface area contributed by atoms with E-state index in [1.165, 1.54) is 4.90 Å². The summed E-state index contributed by atoms with van der Waals surface area (Å²) in [6.07, 6.45) is 0.539. The fourth-order valence-electron chi connectivity index (χ4n) is 2.40. The molecule has 3 N–H and O–H groups in total. The van der Waals surface area contributed by atoms with E-state index in [-0.39, 0.29) is 36.2 Å². The second-order valence-corrected chi connectivity index (χ2v) is 7.20. The number of hydrogen-bond acceptors (Lipinski definition) is 4. The van der Waals surface area contributed by atoms with Gasteiger partial charge in [-0.05, 0) is 51.5 Å². The first-order chi connectivity index (χ1) is 11.7. The van der Waals surface area contributed by atoms with Crippen LogP contribution in [0.15, 0.2) is 24.3 Å². The van der Waals surface area contributed by atoms with E-state index in [9.17, 15) is 14.4 Å². The van der Waals surface area contributed by atoms with Crippen molar-refractivity contribution in [3.63, 3.8) is 0 Å². The molecule has 7 nitrogen and oxygen atoms in total. The van der Waals surface area contributed by atoms with Crippen LogP contribution >= 0.6 is 12.2 Å². The minimum atomic E-state index is -0.310. The lowest BCUT2D eigenvalue weighted by molar-refractivity contribution is -0.121. The Labute approximate surface area is 152 Å². The topological polar surface area (TPSA) is 90.5 Å². The highest BCUT2D eigenvalue weighted by atomic mass is 32.1. The second-order valence-electron chi connectivity index (χ2n) is 6.79. The maximum atomic E-state index is 12.2. The molecule has 25 heavy (non-hydrogen) atoms. The van der Waals surface area contributed by atoms with Gasteiger partial charge in [-0.3, -0.25) is 30.1 Å². The first-order valence-electron chi connectivity index (χ1n) is 8.01. The van der Waals surface area contributed by atoms with Crippen LogP contribution in [0.25, 0.3) is 0 Å². The Hall–Kier alpha value is -2.48. The molecular weight excluding hydrogens is 340 g/mol. The number of imide groups is 1. The summed E-state index contributed by atoms with van der Waals surface area (Å²) in [6, 6.07) is 6.72. The van der Waals surface area contributed by atoms with Gasteiger partial charge in [-0.1, -0.05) is 12.1 Å². The molecule has 2 rings (SSSR count). The number of nitrogens with zero attached hydrogens (tertiary/aromatic N) is 1. The molecule has 3 amide bonds. The van der Waals surface area contributed by atoms with Gasteiger partial charge in [-0.2, -0.15) is 0 Å². The zero-order chi connectivity index (χ0) is 18.6. The minimum Gasteiger partial charge on any atom is -0.357 e. The third-order valence-corrected chi connectivity index (χ3v) is 3.67. The zero-order valence-electron chi connectivity index (χ0n) is 14.5. The summed E-state index contributed by atoms with van der Waals surface area (Å²) in [5.74, 6) is -0.890. The fourth-order valence-corrected chi connectivity index (χ4v) is 2.76. The van der Waals surface area contributed by atoms with Crippen LogP contribution in [0.5, 0.6) is 0 Å². The van der Waals surface area contributed by atoms with Crippen molar-refractivity contribution in [2.75, 3.05) is 6.54 Å². The molecule has 0 saturated heterocycles. The Morgan fingerprint density at radius 3 is 2.16 bits per heavy atom. The number of amides is 3. The first kappa shape index (κ1) is 18.9. The van der Waals surface area contributed by atoms with Crippen LogP contribution in [0.4, 0.5) is 0 Å². The molecule has 0 saturated carbocycles. The standard InChI is InChI=1S/C17H22N4O3S/c1-17(2,3)18-16(25)20-19-13(22)9-6-10-21-14(23)11-7-4-5-8-12(11)15(21)24/h4-5,7-8H,6,9-10H2,1-3H3,(H,19,22)(H2,18,20,25). The Morgan fingerprint density at radius 2 is 1.64 bits per heavy atom. The SMILES string of the molecule is CC(C)(C)NC(=S)NNC(=O)CCCN1C(=O)c2ccccc2C1=O. The predicted octanol–water partition coefficient (Wildman–Crippen LogP) is 1.36. The number of carbonyl (C=O) groups is 3. The molecule has 1 heterocycles. The van der Waals surface area contributed by atoms with E-state index in [4.69, 9.17) is 12.2 Å². The molecule has 0 unspecified atom stereocenters. The number of thiocarbonyl (C=S) groups is 1. The van der Waals surface area contributed by atoms with Crippen LogP contribution in [0, 0.1) is 0 Å². The van der Waals surface area contributed by atoms with Crippen molar-refractivity contribution in [1.82, 2.24) is 21.1 Å². The lowest BCUT2D eigenvalue weighted by Gasteiger charge is -2.23. The van der Waals surface area contributed by atoms with Gasteiger partial charge >= 0.3 is 0 Å². The van der Waals surface area contributed by atoms with Crippen LogP contribution in [0.2, 0.25) is 0 Å². The largest absolute Gasteiger partial charge is 0.357 e. The maximum Gasteiger partial charge on any atom is 0.261 e. The molecule has 0 aliphatic carbocycles. The quantitative estimate of drug-likeness (QED) is 0.426. The number of benzene rings is 1. The van der Waals surface area contributed by atoms with Crippen LogP contribution in [-0.2, 0) is 4.79 Å². The smallest absolute Gasteiger partial charge is 0.261 e. The summed E-state index contributed by atoms with van der Waals surface area (Å²) in [7, 11) is 0. The lowest BCUT2D eigenvalue weighted by Crippen LogP contribution is -2.52. The van der Waals surface area contributed by atoms with Crippen LogP contribution in [0.3, 0.4) is 0 Å². The minimum absolute atomic E-state index is 0.165. The summed E-state index contributed by atoms with van der Waals surface area (Å²) in [6.45, 7) is 6.05. The Kier molecular flexibility index (Phi) is 5.73. The second kappa shape index (κ2) is 7.60. The number of carbonyl (C=O) groups excluding carboxylic acids is 3. The van der Waals surface area contributed by atoms with Gasteiger partial charge in [-0.25, -0.2) is 0 Å². The van der Waals surface area contributed by atoms with Crippen LogP contribution in [-0.4, -0.2) is 39.8 Å². The average Bonchev–Trinajstić information content (AvgIpc) is 2.77. The summed E-state index contributed by atoms with van der Waals surface area (Å²) < 4.78 is 0. The molecule has 8 heteroatoms. The van der Waals surface area contributed by atoms with Gasteiger partial charge in [0.1, 0.15) is 0 Å². The monoisotopic (exact) mass is 362 g/mol. The molecule has 0 spiro atoms. The molecular formula is C17H22N4O3S. The molecule has 1 aromatic carbocycles. The molecule has 0 fully saturated rings. The first-order valence-corrected chi connectivity index (χ1v) is 8.42. The van der Waals surface area contributed by atoms with Gasteiger partial charge < -0.3 is 5.32 Å². The zero-order valence-corrected chi connectivity index (χ0v) is 15.3. The fraction of sp³-hybridized carbons (Fsp3) is 0.412. The summed E-state index contributed by atoms with van der Waals surface area (Å²) in [5.41, 5.74) is 5.73. The molecule has 0 radical (unpaired) electrons. The van der Waals surface area contributed by atoms with Crippen molar-refractivity contribution >= 4 is 35.1 Å². The molecule has 1 aliphatic heterocycles. The maximum absolute atomic E-state index is 12.2. The normalized spacial score (nSPS) is 13.5. The van der Waals surface area contributed by atoms with Gasteiger partial charge in [0, 0.05) is 18.5 Å². The Morgan fingerprint density at radius 1 is 1.08 bits per heavy atom. The molecule has 134 valence electrons. The predicted molar refractivity (Wildman–Crippen MR) is 97.8 cm³/mol. The van der Waals surface area contributed by atoms with Crippen LogP contribution in [0.1, 0.15) is 54.3 Å².